The Labute approximate surface area is 110 Å². The lowest BCUT2D eigenvalue weighted by Crippen LogP contribution is -2.49. The maximum absolute atomic E-state index is 12.1. The third-order valence-corrected chi connectivity index (χ3v) is 3.80. The molecule has 0 radical (unpaired) electrons. The highest BCUT2D eigenvalue weighted by Gasteiger charge is 2.27. The van der Waals surface area contributed by atoms with Gasteiger partial charge in [-0.3, -0.25) is 4.79 Å². The molecule has 0 fully saturated rings. The molecular weight excluding hydrogens is 256 g/mol. The molecule has 0 spiro atoms. The molecule has 108 valence electrons. The van der Waals surface area contributed by atoms with E-state index >= 15 is 0 Å². The first-order chi connectivity index (χ1) is 8.06. The molecule has 0 bridgehead atoms. The van der Waals surface area contributed by atoms with Crippen molar-refractivity contribution < 1.29 is 18.3 Å². The molecule has 0 aromatic rings. The van der Waals surface area contributed by atoms with Gasteiger partial charge in [0.2, 0.25) is 0 Å². The number of hydrogen-bond acceptors (Lipinski definition) is 3. The first kappa shape index (κ1) is 17.3. The van der Waals surface area contributed by atoms with Crippen molar-refractivity contribution in [2.24, 2.45) is 11.8 Å². The fraction of sp³-hybridized carbons (Fsp3) is 0.909. The quantitative estimate of drug-likeness (QED) is 0.692. The number of carbonyl (C=O) groups is 1. The van der Waals surface area contributed by atoms with Gasteiger partial charge in [-0.15, -0.1) is 0 Å². The monoisotopic (exact) mass is 280 g/mol. The zero-order valence-electron chi connectivity index (χ0n) is 11.7. The largest absolute Gasteiger partial charge is 0.480 e. The second kappa shape index (κ2) is 7.06. The molecule has 0 heterocycles. The topological polar surface area (TPSA) is 86.7 Å². The minimum Gasteiger partial charge on any atom is -0.480 e. The van der Waals surface area contributed by atoms with E-state index in [2.05, 4.69) is 4.72 Å². The van der Waals surface area contributed by atoms with Gasteiger partial charge in [0.25, 0.3) is 10.2 Å². The average molecular weight is 280 g/mol. The summed E-state index contributed by atoms with van der Waals surface area (Å²) < 4.78 is 27.6. The summed E-state index contributed by atoms with van der Waals surface area (Å²) in [4.78, 5) is 10.7. The maximum atomic E-state index is 12.1. The van der Waals surface area contributed by atoms with Gasteiger partial charge >= 0.3 is 5.97 Å². The number of rotatable bonds is 8. The summed E-state index contributed by atoms with van der Waals surface area (Å²) in [6, 6.07) is -1.13. The van der Waals surface area contributed by atoms with E-state index < -0.39 is 22.2 Å². The molecule has 0 aromatic carbocycles. The minimum absolute atomic E-state index is 0.181. The Morgan fingerprint density at radius 1 is 1.11 bits per heavy atom. The van der Waals surface area contributed by atoms with Gasteiger partial charge < -0.3 is 5.11 Å². The van der Waals surface area contributed by atoms with Crippen molar-refractivity contribution in [2.45, 2.75) is 40.7 Å². The van der Waals surface area contributed by atoms with Gasteiger partial charge in [0, 0.05) is 13.1 Å². The second-order valence-electron chi connectivity index (χ2n) is 5.29. The summed E-state index contributed by atoms with van der Waals surface area (Å²) >= 11 is 0. The summed E-state index contributed by atoms with van der Waals surface area (Å²) in [5.74, 6) is -0.825. The number of hydrogen-bond donors (Lipinski definition) is 2. The van der Waals surface area contributed by atoms with Gasteiger partial charge in [0.1, 0.15) is 6.04 Å². The first-order valence-corrected chi connectivity index (χ1v) is 7.50. The molecule has 0 aromatic heterocycles. The summed E-state index contributed by atoms with van der Waals surface area (Å²) in [5, 5.41) is 8.75. The summed E-state index contributed by atoms with van der Waals surface area (Å²) in [7, 11) is -3.75. The van der Waals surface area contributed by atoms with Crippen molar-refractivity contribution in [3.05, 3.63) is 0 Å². The predicted octanol–water partition coefficient (Wildman–Crippen LogP) is 0.908. The third-order valence-electron chi connectivity index (χ3n) is 2.17. The molecule has 2 N–H and O–H groups in total. The Morgan fingerprint density at radius 3 is 1.78 bits per heavy atom. The van der Waals surface area contributed by atoms with Crippen molar-refractivity contribution in [1.82, 2.24) is 9.03 Å². The molecule has 0 saturated carbocycles. The average Bonchev–Trinajstić information content (AvgIpc) is 2.14. The molecule has 0 aliphatic heterocycles. The molecule has 7 heteroatoms. The highest BCUT2D eigenvalue weighted by molar-refractivity contribution is 7.87. The van der Waals surface area contributed by atoms with Crippen LogP contribution in [-0.4, -0.2) is 42.9 Å². The molecule has 6 nitrogen and oxygen atoms in total. The van der Waals surface area contributed by atoms with E-state index in [1.54, 1.807) is 0 Å². The van der Waals surface area contributed by atoms with E-state index in [1.807, 2.05) is 27.7 Å². The highest BCUT2D eigenvalue weighted by atomic mass is 32.2. The third kappa shape index (κ3) is 6.32. The first-order valence-electron chi connectivity index (χ1n) is 6.06. The van der Waals surface area contributed by atoms with E-state index in [-0.39, 0.29) is 11.8 Å². The van der Waals surface area contributed by atoms with Crippen molar-refractivity contribution >= 4 is 16.2 Å². The summed E-state index contributed by atoms with van der Waals surface area (Å²) in [6.07, 6.45) is 0. The van der Waals surface area contributed by atoms with Crippen LogP contribution in [-0.2, 0) is 15.0 Å². The van der Waals surface area contributed by atoms with Crippen LogP contribution < -0.4 is 4.72 Å². The van der Waals surface area contributed by atoms with Gasteiger partial charge in [-0.2, -0.15) is 17.4 Å². The number of aliphatic carboxylic acids is 1. The predicted molar refractivity (Wildman–Crippen MR) is 70.4 cm³/mol. The lowest BCUT2D eigenvalue weighted by Gasteiger charge is -2.26. The number of nitrogens with one attached hydrogen (secondary N) is 1. The molecule has 18 heavy (non-hydrogen) atoms. The van der Waals surface area contributed by atoms with Crippen LogP contribution in [0.1, 0.15) is 34.6 Å². The van der Waals surface area contributed by atoms with Gasteiger partial charge in [0.15, 0.2) is 0 Å². The molecule has 0 aliphatic carbocycles. The van der Waals surface area contributed by atoms with Crippen molar-refractivity contribution in [3.63, 3.8) is 0 Å². The zero-order chi connectivity index (χ0) is 14.5. The van der Waals surface area contributed by atoms with Crippen LogP contribution in [0.2, 0.25) is 0 Å². The van der Waals surface area contributed by atoms with Crippen molar-refractivity contribution in [1.29, 1.82) is 0 Å². The zero-order valence-corrected chi connectivity index (χ0v) is 12.5. The maximum Gasteiger partial charge on any atom is 0.321 e. The molecule has 0 saturated heterocycles. The van der Waals surface area contributed by atoms with Crippen LogP contribution in [0.3, 0.4) is 0 Å². The number of nitrogens with zero attached hydrogens (tertiary/aromatic N) is 1. The fourth-order valence-electron chi connectivity index (χ4n) is 1.43. The molecule has 0 amide bonds. The normalized spacial score (nSPS) is 14.4. The Balaban J connectivity index is 4.90. The summed E-state index contributed by atoms with van der Waals surface area (Å²) in [6.45, 7) is 9.74. The van der Waals surface area contributed by atoms with Gasteiger partial charge in [-0.05, 0) is 18.8 Å². The van der Waals surface area contributed by atoms with Gasteiger partial charge in [-0.1, -0.05) is 27.7 Å². The van der Waals surface area contributed by atoms with Crippen LogP contribution in [0.15, 0.2) is 0 Å². The molecule has 0 rings (SSSR count). The Morgan fingerprint density at radius 2 is 1.50 bits per heavy atom. The Bertz CT molecular complexity index is 355. The number of carboxylic acids is 1. The highest BCUT2D eigenvalue weighted by Crippen LogP contribution is 2.09. The van der Waals surface area contributed by atoms with Crippen molar-refractivity contribution in [2.75, 3.05) is 13.1 Å². The molecule has 0 aliphatic rings. The summed E-state index contributed by atoms with van der Waals surface area (Å²) in [5.41, 5.74) is 0. The van der Waals surface area contributed by atoms with E-state index in [0.29, 0.717) is 13.1 Å². The van der Waals surface area contributed by atoms with Crippen LogP contribution in [0.4, 0.5) is 0 Å². The molecule has 1 unspecified atom stereocenters. The van der Waals surface area contributed by atoms with Crippen LogP contribution in [0.5, 0.6) is 0 Å². The smallest absolute Gasteiger partial charge is 0.321 e. The lowest BCUT2D eigenvalue weighted by atomic mass is 10.2. The van der Waals surface area contributed by atoms with E-state index in [9.17, 15) is 13.2 Å². The van der Waals surface area contributed by atoms with Crippen LogP contribution in [0, 0.1) is 11.8 Å². The van der Waals surface area contributed by atoms with Gasteiger partial charge in [-0.25, -0.2) is 0 Å². The van der Waals surface area contributed by atoms with E-state index in [4.69, 9.17) is 5.11 Å². The SMILES string of the molecule is CC(C)CN(CC(C)C)S(=O)(=O)NC(C)C(=O)O. The molecule has 1 atom stereocenters. The lowest BCUT2D eigenvalue weighted by molar-refractivity contribution is -0.138. The Hall–Kier alpha value is -0.660. The van der Waals surface area contributed by atoms with Gasteiger partial charge in [0.05, 0.1) is 0 Å². The fourth-order valence-corrected chi connectivity index (χ4v) is 3.12. The van der Waals surface area contributed by atoms with Crippen LogP contribution >= 0.6 is 0 Å². The Kier molecular flexibility index (Phi) is 6.80. The molecular formula is C11H24N2O4S. The van der Waals surface area contributed by atoms with Crippen LogP contribution in [0.25, 0.3) is 0 Å². The standard InChI is InChI=1S/C11H24N2O4S/c1-8(2)6-13(7-9(3)4)18(16,17)12-10(5)11(14)15/h8-10,12H,6-7H2,1-5H3,(H,14,15). The number of carboxylic acid groups (broad SMARTS) is 1. The van der Waals surface area contributed by atoms with E-state index in [1.165, 1.54) is 11.2 Å². The van der Waals surface area contributed by atoms with Crippen molar-refractivity contribution in [3.8, 4) is 0 Å². The second-order valence-corrected chi connectivity index (χ2v) is 6.99. The minimum atomic E-state index is -3.75. The van der Waals surface area contributed by atoms with E-state index in [0.717, 1.165) is 0 Å².